The molecule has 0 atom stereocenters. The monoisotopic (exact) mass is 328 g/mol. The number of thioether (sulfide) groups is 1. The highest BCUT2D eigenvalue weighted by Gasteiger charge is 2.32. The zero-order chi connectivity index (χ0) is 16.3. The van der Waals surface area contributed by atoms with Crippen molar-refractivity contribution in [1.29, 1.82) is 0 Å². The lowest BCUT2D eigenvalue weighted by Gasteiger charge is -2.10. The molecule has 0 spiro atoms. The van der Waals surface area contributed by atoms with E-state index in [-0.39, 0.29) is 11.5 Å². The van der Waals surface area contributed by atoms with Gasteiger partial charge in [0, 0.05) is 11.5 Å². The molecule has 0 fully saturated rings. The summed E-state index contributed by atoms with van der Waals surface area (Å²) >= 11 is 1.33. The fraction of sp³-hybridized carbons (Fsp3) is 0.357. The molecular formula is C14H15F3N4S. The van der Waals surface area contributed by atoms with Gasteiger partial charge in [0.05, 0.1) is 11.8 Å². The minimum atomic E-state index is -4.42. The zero-order valence-electron chi connectivity index (χ0n) is 12.3. The van der Waals surface area contributed by atoms with E-state index in [1.807, 2.05) is 20.1 Å². The fourth-order valence-corrected chi connectivity index (χ4v) is 2.30. The predicted molar refractivity (Wildman–Crippen MR) is 80.3 cm³/mol. The van der Waals surface area contributed by atoms with E-state index in [0.717, 1.165) is 6.07 Å². The van der Waals surface area contributed by atoms with Crippen LogP contribution in [0.2, 0.25) is 0 Å². The van der Waals surface area contributed by atoms with E-state index >= 15 is 0 Å². The van der Waals surface area contributed by atoms with Crippen LogP contribution in [0.5, 0.6) is 0 Å². The molecule has 2 aromatic rings. The maximum Gasteiger partial charge on any atom is 0.417 e. The largest absolute Gasteiger partial charge is 0.417 e. The number of hydrogen-bond acceptors (Lipinski definition) is 4. The van der Waals surface area contributed by atoms with Crippen LogP contribution in [0.25, 0.3) is 0 Å². The Hall–Kier alpha value is -1.83. The van der Waals surface area contributed by atoms with E-state index in [4.69, 9.17) is 0 Å². The number of alkyl halides is 3. The molecule has 0 aliphatic rings. The number of benzene rings is 1. The summed E-state index contributed by atoms with van der Waals surface area (Å²) in [6.07, 6.45) is -1.42. The second-order valence-electron chi connectivity index (χ2n) is 4.84. The lowest BCUT2D eigenvalue weighted by molar-refractivity contribution is -0.137. The first-order chi connectivity index (χ1) is 10.3. The summed E-state index contributed by atoms with van der Waals surface area (Å²) in [5, 5.41) is 12.7. The zero-order valence-corrected chi connectivity index (χ0v) is 13.1. The Morgan fingerprint density at radius 2 is 1.91 bits per heavy atom. The van der Waals surface area contributed by atoms with Gasteiger partial charge in [0.15, 0.2) is 5.82 Å². The SMILES string of the molecule is CSc1nnc(C(C)C)n1/N=C\c1ccccc1C(F)(F)F. The van der Waals surface area contributed by atoms with Crippen molar-refractivity contribution in [3.05, 3.63) is 41.2 Å². The molecule has 118 valence electrons. The third-order valence-corrected chi connectivity index (χ3v) is 3.53. The molecule has 22 heavy (non-hydrogen) atoms. The van der Waals surface area contributed by atoms with Crippen molar-refractivity contribution in [2.75, 3.05) is 6.26 Å². The molecule has 0 saturated carbocycles. The highest BCUT2D eigenvalue weighted by atomic mass is 32.2. The molecule has 2 rings (SSSR count). The van der Waals surface area contributed by atoms with Crippen molar-refractivity contribution in [2.45, 2.75) is 31.1 Å². The Morgan fingerprint density at radius 1 is 1.23 bits per heavy atom. The van der Waals surface area contributed by atoms with E-state index < -0.39 is 11.7 Å². The van der Waals surface area contributed by atoms with Crippen molar-refractivity contribution < 1.29 is 13.2 Å². The number of halogens is 3. The molecule has 1 heterocycles. The van der Waals surface area contributed by atoms with Crippen molar-refractivity contribution in [3.8, 4) is 0 Å². The van der Waals surface area contributed by atoms with Crippen LogP contribution in [0.3, 0.4) is 0 Å². The number of aromatic nitrogens is 3. The molecule has 0 unspecified atom stereocenters. The third-order valence-electron chi connectivity index (χ3n) is 2.91. The van der Waals surface area contributed by atoms with Gasteiger partial charge in [-0.25, -0.2) is 0 Å². The van der Waals surface area contributed by atoms with E-state index in [2.05, 4.69) is 15.3 Å². The van der Waals surface area contributed by atoms with Crippen LogP contribution in [0.15, 0.2) is 34.5 Å². The Bertz CT molecular complexity index is 677. The quantitative estimate of drug-likeness (QED) is 0.629. The average molecular weight is 328 g/mol. The lowest BCUT2D eigenvalue weighted by Crippen LogP contribution is -2.09. The molecule has 8 heteroatoms. The summed E-state index contributed by atoms with van der Waals surface area (Å²) in [7, 11) is 0. The summed E-state index contributed by atoms with van der Waals surface area (Å²) in [6.45, 7) is 3.84. The van der Waals surface area contributed by atoms with Gasteiger partial charge in [-0.3, -0.25) is 0 Å². The molecular weight excluding hydrogens is 313 g/mol. The number of hydrogen-bond donors (Lipinski definition) is 0. The van der Waals surface area contributed by atoms with Crippen molar-refractivity contribution in [2.24, 2.45) is 5.10 Å². The first-order valence-corrected chi connectivity index (χ1v) is 7.77. The first-order valence-electron chi connectivity index (χ1n) is 6.54. The van der Waals surface area contributed by atoms with Crippen LogP contribution >= 0.6 is 11.8 Å². The van der Waals surface area contributed by atoms with Gasteiger partial charge in [-0.1, -0.05) is 43.8 Å². The molecule has 0 saturated heterocycles. The van der Waals surface area contributed by atoms with Gasteiger partial charge in [-0.2, -0.15) is 22.9 Å². The molecule has 0 radical (unpaired) electrons. The minimum absolute atomic E-state index is 0.00505. The molecule has 0 amide bonds. The van der Waals surface area contributed by atoms with E-state index in [1.165, 1.54) is 34.8 Å². The standard InChI is InChI=1S/C14H15F3N4S/c1-9(2)12-19-20-13(22-3)21(12)18-8-10-6-4-5-7-11(10)14(15,16)17/h4-9H,1-3H3/b18-8-. The van der Waals surface area contributed by atoms with Crippen LogP contribution in [-0.2, 0) is 6.18 Å². The summed E-state index contributed by atoms with van der Waals surface area (Å²) in [5.41, 5.74) is -0.714. The second-order valence-corrected chi connectivity index (χ2v) is 5.61. The van der Waals surface area contributed by atoms with Gasteiger partial charge in [0.25, 0.3) is 0 Å². The third kappa shape index (κ3) is 3.49. The van der Waals surface area contributed by atoms with Crippen molar-refractivity contribution >= 4 is 18.0 Å². The Kier molecular flexibility index (Phi) is 4.90. The van der Waals surface area contributed by atoms with Gasteiger partial charge in [-0.05, 0) is 12.3 Å². The van der Waals surface area contributed by atoms with Gasteiger partial charge in [0.2, 0.25) is 5.16 Å². The molecule has 4 nitrogen and oxygen atoms in total. The molecule has 0 aliphatic heterocycles. The Balaban J connectivity index is 2.44. The predicted octanol–water partition coefficient (Wildman–Crippen LogP) is 4.02. The number of rotatable bonds is 4. The highest BCUT2D eigenvalue weighted by Crippen LogP contribution is 2.31. The molecule has 0 N–H and O–H groups in total. The van der Waals surface area contributed by atoms with E-state index in [0.29, 0.717) is 11.0 Å². The second kappa shape index (κ2) is 6.51. The van der Waals surface area contributed by atoms with E-state index in [9.17, 15) is 13.2 Å². The molecule has 0 aliphatic carbocycles. The van der Waals surface area contributed by atoms with Crippen LogP contribution in [0.1, 0.15) is 36.7 Å². The van der Waals surface area contributed by atoms with Gasteiger partial charge >= 0.3 is 6.18 Å². The van der Waals surface area contributed by atoms with Crippen LogP contribution < -0.4 is 0 Å². The molecule has 1 aromatic heterocycles. The van der Waals surface area contributed by atoms with Gasteiger partial charge < -0.3 is 0 Å². The van der Waals surface area contributed by atoms with Crippen LogP contribution in [-0.4, -0.2) is 27.3 Å². The Morgan fingerprint density at radius 3 is 2.50 bits per heavy atom. The maximum absolute atomic E-state index is 13.0. The number of nitrogens with zero attached hydrogens (tertiary/aromatic N) is 4. The smallest absolute Gasteiger partial charge is 0.191 e. The highest BCUT2D eigenvalue weighted by molar-refractivity contribution is 7.98. The Labute approximate surface area is 130 Å². The first kappa shape index (κ1) is 16.5. The summed E-state index contributed by atoms with van der Waals surface area (Å²) in [4.78, 5) is 0. The molecule has 1 aromatic carbocycles. The van der Waals surface area contributed by atoms with Gasteiger partial charge in [-0.15, -0.1) is 10.2 Å². The fourth-order valence-electron chi connectivity index (χ4n) is 1.86. The van der Waals surface area contributed by atoms with E-state index in [1.54, 1.807) is 6.07 Å². The van der Waals surface area contributed by atoms with Crippen LogP contribution in [0, 0.1) is 0 Å². The lowest BCUT2D eigenvalue weighted by atomic mass is 10.1. The van der Waals surface area contributed by atoms with Crippen molar-refractivity contribution in [3.63, 3.8) is 0 Å². The summed E-state index contributed by atoms with van der Waals surface area (Å²) in [5.74, 6) is 0.661. The van der Waals surface area contributed by atoms with Crippen molar-refractivity contribution in [1.82, 2.24) is 14.9 Å². The van der Waals surface area contributed by atoms with Crippen LogP contribution in [0.4, 0.5) is 13.2 Å². The average Bonchev–Trinajstić information content (AvgIpc) is 2.87. The molecule has 0 bridgehead atoms. The summed E-state index contributed by atoms with van der Waals surface area (Å²) in [6, 6.07) is 5.31. The van der Waals surface area contributed by atoms with Gasteiger partial charge in [0.1, 0.15) is 0 Å². The normalized spacial score (nSPS) is 12.5. The topological polar surface area (TPSA) is 43.1 Å². The summed E-state index contributed by atoms with van der Waals surface area (Å²) < 4.78 is 40.4. The minimum Gasteiger partial charge on any atom is -0.191 e. The maximum atomic E-state index is 13.0.